The molecule has 0 saturated carbocycles. The quantitative estimate of drug-likeness (QED) is 0.858. The lowest BCUT2D eigenvalue weighted by Gasteiger charge is -2.24. The van der Waals surface area contributed by atoms with Crippen molar-refractivity contribution in [2.24, 2.45) is 5.73 Å². The molecule has 1 unspecified atom stereocenters. The van der Waals surface area contributed by atoms with E-state index < -0.39 is 6.04 Å². The van der Waals surface area contributed by atoms with Crippen LogP contribution < -0.4 is 10.6 Å². The first-order valence-corrected chi connectivity index (χ1v) is 5.93. The number of nitrogens with zero attached hydrogens (tertiary/aromatic N) is 2. The van der Waals surface area contributed by atoms with Crippen LogP contribution in [0, 0.1) is 0 Å². The highest BCUT2D eigenvalue weighted by atomic mass is 35.5. The first-order valence-electron chi connectivity index (χ1n) is 5.93. The van der Waals surface area contributed by atoms with E-state index in [-0.39, 0.29) is 30.7 Å². The van der Waals surface area contributed by atoms with Crippen LogP contribution in [0.4, 0.5) is 5.69 Å². The highest BCUT2D eigenvalue weighted by molar-refractivity contribution is 5.97. The van der Waals surface area contributed by atoms with Crippen LogP contribution >= 0.6 is 24.8 Å². The highest BCUT2D eigenvalue weighted by Gasteiger charge is 2.24. The summed E-state index contributed by atoms with van der Waals surface area (Å²) in [5.74, 6) is -0.00671. The van der Waals surface area contributed by atoms with Crippen molar-refractivity contribution in [3.05, 3.63) is 29.8 Å². The zero-order chi connectivity index (χ0) is 12.4. The SMILES string of the molecule is CC(N)C(=O)N1CCN(C)Cc2ccccc21.Cl.Cl. The molecule has 0 saturated heterocycles. The van der Waals surface area contributed by atoms with E-state index >= 15 is 0 Å². The molecule has 1 amide bonds. The second-order valence-corrected chi connectivity index (χ2v) is 4.65. The van der Waals surface area contributed by atoms with Gasteiger partial charge in [-0.05, 0) is 25.6 Å². The van der Waals surface area contributed by atoms with Crippen molar-refractivity contribution >= 4 is 36.4 Å². The zero-order valence-electron chi connectivity index (χ0n) is 11.2. The van der Waals surface area contributed by atoms with Crippen LogP contribution in [0.25, 0.3) is 0 Å². The zero-order valence-corrected chi connectivity index (χ0v) is 12.8. The Kier molecular flexibility index (Phi) is 7.37. The number of fused-ring (bicyclic) bond motifs is 1. The molecule has 6 heteroatoms. The molecule has 0 radical (unpaired) electrons. The minimum absolute atomic E-state index is 0. The molecule has 1 aromatic carbocycles. The first kappa shape index (κ1) is 18.2. The lowest BCUT2D eigenvalue weighted by Crippen LogP contribution is -2.44. The summed E-state index contributed by atoms with van der Waals surface area (Å²) in [6.07, 6.45) is 0. The number of carbonyl (C=O) groups excluding carboxylic acids is 1. The lowest BCUT2D eigenvalue weighted by molar-refractivity contribution is -0.119. The number of carbonyl (C=O) groups is 1. The first-order chi connectivity index (χ1) is 8.09. The number of rotatable bonds is 1. The summed E-state index contributed by atoms with van der Waals surface area (Å²) < 4.78 is 0. The van der Waals surface area contributed by atoms with E-state index in [1.54, 1.807) is 6.92 Å². The number of likely N-dealkylation sites (N-methyl/N-ethyl adjacent to an activating group) is 1. The Hall–Kier alpha value is -0.810. The molecule has 1 aliphatic rings. The molecule has 2 rings (SSSR count). The molecule has 1 heterocycles. The van der Waals surface area contributed by atoms with Crippen LogP contribution in [-0.4, -0.2) is 37.0 Å². The average molecular weight is 306 g/mol. The van der Waals surface area contributed by atoms with Gasteiger partial charge in [0.1, 0.15) is 0 Å². The maximum absolute atomic E-state index is 12.1. The van der Waals surface area contributed by atoms with Gasteiger partial charge in [0.2, 0.25) is 5.91 Å². The molecule has 1 atom stereocenters. The van der Waals surface area contributed by atoms with Gasteiger partial charge in [-0.25, -0.2) is 0 Å². The standard InChI is InChI=1S/C13H19N3O.2ClH/c1-10(14)13(17)16-8-7-15(2)9-11-5-3-4-6-12(11)16;;/h3-6,10H,7-9,14H2,1-2H3;2*1H. The molecule has 0 aromatic heterocycles. The summed E-state index contributed by atoms with van der Waals surface area (Å²) in [5, 5.41) is 0. The topological polar surface area (TPSA) is 49.6 Å². The summed E-state index contributed by atoms with van der Waals surface area (Å²) in [7, 11) is 2.07. The fourth-order valence-electron chi connectivity index (χ4n) is 2.14. The van der Waals surface area contributed by atoms with Crippen molar-refractivity contribution in [3.8, 4) is 0 Å². The number of benzene rings is 1. The Morgan fingerprint density at radius 1 is 1.26 bits per heavy atom. The van der Waals surface area contributed by atoms with Gasteiger partial charge in [-0.1, -0.05) is 18.2 Å². The van der Waals surface area contributed by atoms with Crippen molar-refractivity contribution in [2.45, 2.75) is 19.5 Å². The van der Waals surface area contributed by atoms with Gasteiger partial charge in [0.05, 0.1) is 6.04 Å². The molecule has 0 aliphatic carbocycles. The summed E-state index contributed by atoms with van der Waals surface area (Å²) in [5.41, 5.74) is 7.89. The van der Waals surface area contributed by atoms with Crippen molar-refractivity contribution in [2.75, 3.05) is 25.0 Å². The van der Waals surface area contributed by atoms with E-state index in [0.717, 1.165) is 18.8 Å². The van der Waals surface area contributed by atoms with Crippen LogP contribution in [-0.2, 0) is 11.3 Å². The smallest absolute Gasteiger partial charge is 0.243 e. The van der Waals surface area contributed by atoms with Crippen molar-refractivity contribution in [3.63, 3.8) is 0 Å². The van der Waals surface area contributed by atoms with E-state index in [4.69, 9.17) is 5.73 Å². The van der Waals surface area contributed by atoms with Crippen molar-refractivity contribution in [1.82, 2.24) is 4.90 Å². The van der Waals surface area contributed by atoms with E-state index in [9.17, 15) is 4.79 Å². The number of hydrogen-bond acceptors (Lipinski definition) is 3. The Morgan fingerprint density at radius 2 is 1.89 bits per heavy atom. The van der Waals surface area contributed by atoms with Gasteiger partial charge in [-0.3, -0.25) is 4.79 Å². The molecule has 108 valence electrons. The maximum Gasteiger partial charge on any atom is 0.243 e. The monoisotopic (exact) mass is 305 g/mol. The van der Waals surface area contributed by atoms with Gasteiger partial charge in [-0.2, -0.15) is 0 Å². The molecule has 19 heavy (non-hydrogen) atoms. The minimum atomic E-state index is -0.452. The molecular formula is C13H21Cl2N3O. The average Bonchev–Trinajstić information content (AvgIpc) is 2.46. The Bertz CT molecular complexity index is 426. The second kappa shape index (κ2) is 7.70. The van der Waals surface area contributed by atoms with Gasteiger partial charge in [0, 0.05) is 25.3 Å². The van der Waals surface area contributed by atoms with E-state index in [1.165, 1.54) is 5.56 Å². The molecule has 0 fully saturated rings. The van der Waals surface area contributed by atoms with Crippen LogP contribution in [0.15, 0.2) is 24.3 Å². The van der Waals surface area contributed by atoms with Crippen LogP contribution in [0.5, 0.6) is 0 Å². The molecule has 4 nitrogen and oxygen atoms in total. The summed E-state index contributed by atoms with van der Waals surface area (Å²) in [4.78, 5) is 16.1. The molecular weight excluding hydrogens is 285 g/mol. The number of amides is 1. The van der Waals surface area contributed by atoms with Gasteiger partial charge < -0.3 is 15.5 Å². The molecule has 0 spiro atoms. The van der Waals surface area contributed by atoms with Crippen LogP contribution in [0.3, 0.4) is 0 Å². The molecule has 1 aromatic rings. The number of para-hydroxylation sites is 1. The number of anilines is 1. The number of halogens is 2. The van der Waals surface area contributed by atoms with Gasteiger partial charge in [-0.15, -0.1) is 24.8 Å². The Balaban J connectivity index is 0.00000162. The fourth-order valence-corrected chi connectivity index (χ4v) is 2.14. The van der Waals surface area contributed by atoms with Crippen LogP contribution in [0.1, 0.15) is 12.5 Å². The van der Waals surface area contributed by atoms with E-state index in [2.05, 4.69) is 18.0 Å². The highest BCUT2D eigenvalue weighted by Crippen LogP contribution is 2.24. The minimum Gasteiger partial charge on any atom is -0.320 e. The number of hydrogen-bond donors (Lipinski definition) is 1. The molecule has 1 aliphatic heterocycles. The van der Waals surface area contributed by atoms with E-state index in [0.29, 0.717) is 6.54 Å². The van der Waals surface area contributed by atoms with Crippen molar-refractivity contribution in [1.29, 1.82) is 0 Å². The summed E-state index contributed by atoms with van der Waals surface area (Å²) in [6.45, 7) is 4.18. The summed E-state index contributed by atoms with van der Waals surface area (Å²) in [6, 6.07) is 7.58. The summed E-state index contributed by atoms with van der Waals surface area (Å²) >= 11 is 0. The van der Waals surface area contributed by atoms with Gasteiger partial charge in [0.15, 0.2) is 0 Å². The third-order valence-electron chi connectivity index (χ3n) is 3.08. The third kappa shape index (κ3) is 4.08. The Morgan fingerprint density at radius 3 is 2.53 bits per heavy atom. The fraction of sp³-hybridized carbons (Fsp3) is 0.462. The van der Waals surface area contributed by atoms with Gasteiger partial charge >= 0.3 is 0 Å². The Labute approximate surface area is 126 Å². The van der Waals surface area contributed by atoms with Gasteiger partial charge in [0.25, 0.3) is 0 Å². The second-order valence-electron chi connectivity index (χ2n) is 4.65. The largest absolute Gasteiger partial charge is 0.320 e. The predicted molar refractivity (Wildman–Crippen MR) is 83.3 cm³/mol. The molecule has 0 bridgehead atoms. The van der Waals surface area contributed by atoms with E-state index in [1.807, 2.05) is 23.1 Å². The third-order valence-corrected chi connectivity index (χ3v) is 3.08. The van der Waals surface area contributed by atoms with Crippen molar-refractivity contribution < 1.29 is 4.79 Å². The number of nitrogens with two attached hydrogens (primary N) is 1. The maximum atomic E-state index is 12.1. The molecule has 2 N–H and O–H groups in total. The predicted octanol–water partition coefficient (Wildman–Crippen LogP) is 1.66. The lowest BCUT2D eigenvalue weighted by atomic mass is 10.1. The normalized spacial score (nSPS) is 16.5. The van der Waals surface area contributed by atoms with Crippen LogP contribution in [0.2, 0.25) is 0 Å².